The molecule has 0 radical (unpaired) electrons. The Bertz CT molecular complexity index is 1080. The number of amides is 1. The molecule has 0 atom stereocenters. The summed E-state index contributed by atoms with van der Waals surface area (Å²) in [6.07, 6.45) is 6.35. The summed E-state index contributed by atoms with van der Waals surface area (Å²) in [5.41, 5.74) is 4.58. The first-order chi connectivity index (χ1) is 15.4. The van der Waals surface area contributed by atoms with Crippen molar-refractivity contribution >= 4 is 28.8 Å². The lowest BCUT2D eigenvalue weighted by molar-refractivity contribution is 0.0943. The van der Waals surface area contributed by atoms with E-state index in [2.05, 4.69) is 29.1 Å². The molecule has 1 N–H and O–H groups in total. The Hall–Kier alpha value is -2.11. The van der Waals surface area contributed by atoms with Gasteiger partial charge in [-0.3, -0.25) is 4.79 Å². The number of hydrogen-bond acceptors (Lipinski definition) is 3. The molecule has 0 saturated heterocycles. The van der Waals surface area contributed by atoms with Crippen LogP contribution in [0.1, 0.15) is 62.0 Å². The average molecular weight is 470 g/mol. The lowest BCUT2D eigenvalue weighted by atomic mass is 9.89. The predicted molar refractivity (Wildman–Crippen MR) is 134 cm³/mol. The van der Waals surface area contributed by atoms with E-state index in [1.807, 2.05) is 37.3 Å². The number of thiazole rings is 1. The molecule has 1 aliphatic rings. The first-order valence-corrected chi connectivity index (χ1v) is 12.9. The summed E-state index contributed by atoms with van der Waals surface area (Å²) in [5, 5.41) is 6.86. The van der Waals surface area contributed by atoms with Gasteiger partial charge in [0.05, 0.1) is 22.0 Å². The summed E-state index contributed by atoms with van der Waals surface area (Å²) in [6.45, 7) is 8.06. The zero-order valence-corrected chi connectivity index (χ0v) is 20.7. The van der Waals surface area contributed by atoms with Crippen LogP contribution >= 0.6 is 22.9 Å². The van der Waals surface area contributed by atoms with Crippen LogP contribution in [0.4, 0.5) is 0 Å². The molecule has 6 heteroatoms. The number of rotatable bonds is 7. The molecule has 0 spiro atoms. The highest BCUT2D eigenvalue weighted by atomic mass is 35.5. The zero-order valence-electron chi connectivity index (χ0n) is 19.2. The summed E-state index contributed by atoms with van der Waals surface area (Å²) in [5.74, 6) is 1.10. The molecule has 0 bridgehead atoms. The molecule has 0 aliphatic heterocycles. The van der Waals surface area contributed by atoms with Crippen molar-refractivity contribution in [2.75, 3.05) is 6.54 Å². The van der Waals surface area contributed by atoms with Crippen molar-refractivity contribution in [2.45, 2.75) is 59.4 Å². The number of nitrogens with zero attached hydrogens (tertiary/aromatic N) is 2. The van der Waals surface area contributed by atoms with Gasteiger partial charge in [-0.2, -0.15) is 0 Å². The molecule has 4 nitrogen and oxygen atoms in total. The van der Waals surface area contributed by atoms with E-state index in [-0.39, 0.29) is 5.91 Å². The Balaban J connectivity index is 1.62. The van der Waals surface area contributed by atoms with E-state index in [0.29, 0.717) is 16.9 Å². The van der Waals surface area contributed by atoms with Gasteiger partial charge in [-0.25, -0.2) is 4.98 Å². The first-order valence-electron chi connectivity index (χ1n) is 11.6. The van der Waals surface area contributed by atoms with Crippen LogP contribution in [0.5, 0.6) is 0 Å². The van der Waals surface area contributed by atoms with Gasteiger partial charge in [-0.05, 0) is 43.7 Å². The molecule has 3 aromatic rings. The third kappa shape index (κ3) is 5.10. The second-order valence-corrected chi connectivity index (χ2v) is 10.5. The minimum atomic E-state index is 0.0263. The highest BCUT2D eigenvalue weighted by Gasteiger charge is 2.22. The van der Waals surface area contributed by atoms with Crippen LogP contribution in [-0.4, -0.2) is 22.0 Å². The maximum atomic E-state index is 13.1. The predicted octanol–water partition coefficient (Wildman–Crippen LogP) is 7.21. The number of carbonyl (C=O) groups excluding carboxylic acids is 1. The number of carbonyl (C=O) groups is 1. The molecule has 2 heterocycles. The maximum absolute atomic E-state index is 13.1. The van der Waals surface area contributed by atoms with Crippen LogP contribution in [0.3, 0.4) is 0 Å². The zero-order chi connectivity index (χ0) is 22.7. The van der Waals surface area contributed by atoms with Crippen molar-refractivity contribution in [1.82, 2.24) is 14.9 Å². The van der Waals surface area contributed by atoms with Gasteiger partial charge in [0.25, 0.3) is 5.91 Å². The molecule has 1 aromatic carbocycles. The summed E-state index contributed by atoms with van der Waals surface area (Å²) in [7, 11) is 0. The fraction of sp³-hybridized carbons (Fsp3) is 0.462. The third-order valence-electron chi connectivity index (χ3n) is 6.31. The van der Waals surface area contributed by atoms with Gasteiger partial charge in [0.15, 0.2) is 0 Å². The van der Waals surface area contributed by atoms with E-state index < -0.39 is 0 Å². The van der Waals surface area contributed by atoms with Crippen LogP contribution in [0.25, 0.3) is 22.0 Å². The Morgan fingerprint density at radius 2 is 2.00 bits per heavy atom. The van der Waals surface area contributed by atoms with E-state index >= 15 is 0 Å². The highest BCUT2D eigenvalue weighted by Crippen LogP contribution is 2.35. The highest BCUT2D eigenvalue weighted by molar-refractivity contribution is 7.13. The quantitative estimate of drug-likeness (QED) is 0.397. The molecule has 1 fully saturated rings. The number of halogens is 1. The van der Waals surface area contributed by atoms with Crippen molar-refractivity contribution in [3.05, 3.63) is 52.0 Å². The molecule has 0 unspecified atom stereocenters. The van der Waals surface area contributed by atoms with Gasteiger partial charge >= 0.3 is 0 Å². The average Bonchev–Trinajstić information content (AvgIpc) is 3.38. The number of nitrogens with one attached hydrogen (secondary N) is 1. The lowest BCUT2D eigenvalue weighted by Gasteiger charge is -2.21. The topological polar surface area (TPSA) is 46.9 Å². The van der Waals surface area contributed by atoms with Gasteiger partial charge in [0, 0.05) is 29.7 Å². The molecular weight excluding hydrogens is 438 g/mol. The van der Waals surface area contributed by atoms with E-state index in [1.54, 1.807) is 11.3 Å². The molecule has 1 aliphatic carbocycles. The fourth-order valence-electron chi connectivity index (χ4n) is 4.56. The molecule has 32 heavy (non-hydrogen) atoms. The Labute approximate surface area is 200 Å². The van der Waals surface area contributed by atoms with Gasteiger partial charge in [-0.15, -0.1) is 11.3 Å². The van der Waals surface area contributed by atoms with Crippen LogP contribution in [0, 0.1) is 18.8 Å². The Morgan fingerprint density at radius 3 is 2.72 bits per heavy atom. The maximum Gasteiger partial charge on any atom is 0.253 e. The van der Waals surface area contributed by atoms with Crippen LogP contribution in [0.2, 0.25) is 5.02 Å². The summed E-state index contributed by atoms with van der Waals surface area (Å²) >= 11 is 7.97. The van der Waals surface area contributed by atoms with Crippen molar-refractivity contribution < 1.29 is 4.79 Å². The molecule has 1 saturated carbocycles. The van der Waals surface area contributed by atoms with Gasteiger partial charge < -0.3 is 9.88 Å². The molecule has 2 aromatic heterocycles. The third-order valence-corrected chi connectivity index (χ3v) is 7.51. The standard InChI is InChI=1S/C26H32ClN3OS/c1-17(2)15-30-18(3)21(25(31)28-14-19-9-5-4-6-10-19)13-24(30)23-16-32-26(29-23)20-11-7-8-12-22(20)27/h7-8,11-13,16-17,19H,4-6,9-10,14-15H2,1-3H3,(H,28,31). The SMILES string of the molecule is Cc1c(C(=O)NCC2CCCCC2)cc(-c2csc(-c3ccccc3Cl)n2)n1CC(C)C. The smallest absolute Gasteiger partial charge is 0.253 e. The van der Waals surface area contributed by atoms with Crippen LogP contribution in [0.15, 0.2) is 35.7 Å². The number of aromatic nitrogens is 2. The van der Waals surface area contributed by atoms with Crippen LogP contribution < -0.4 is 5.32 Å². The molecule has 1 amide bonds. The van der Waals surface area contributed by atoms with Gasteiger partial charge in [-0.1, -0.05) is 62.9 Å². The van der Waals surface area contributed by atoms with Crippen molar-refractivity contribution in [3.8, 4) is 22.0 Å². The van der Waals surface area contributed by atoms with Crippen molar-refractivity contribution in [2.24, 2.45) is 11.8 Å². The van der Waals surface area contributed by atoms with E-state index in [9.17, 15) is 4.79 Å². The van der Waals surface area contributed by atoms with Gasteiger partial charge in [0.2, 0.25) is 0 Å². The lowest BCUT2D eigenvalue weighted by Crippen LogP contribution is -2.30. The van der Waals surface area contributed by atoms with E-state index in [4.69, 9.17) is 16.6 Å². The minimum Gasteiger partial charge on any atom is -0.352 e. The number of benzene rings is 1. The van der Waals surface area contributed by atoms with Crippen molar-refractivity contribution in [3.63, 3.8) is 0 Å². The fourth-order valence-corrected chi connectivity index (χ4v) is 5.69. The Kier molecular flexibility index (Phi) is 7.37. The largest absolute Gasteiger partial charge is 0.352 e. The summed E-state index contributed by atoms with van der Waals surface area (Å²) in [6, 6.07) is 9.80. The Morgan fingerprint density at radius 1 is 1.25 bits per heavy atom. The monoisotopic (exact) mass is 469 g/mol. The van der Waals surface area contributed by atoms with E-state index in [1.165, 1.54) is 32.1 Å². The molecule has 4 rings (SSSR count). The minimum absolute atomic E-state index is 0.0263. The molecular formula is C26H32ClN3OS. The first kappa shape index (κ1) is 23.1. The van der Waals surface area contributed by atoms with Gasteiger partial charge in [0.1, 0.15) is 5.01 Å². The number of hydrogen-bond donors (Lipinski definition) is 1. The van der Waals surface area contributed by atoms with Crippen molar-refractivity contribution in [1.29, 1.82) is 0 Å². The second-order valence-electron chi connectivity index (χ2n) is 9.26. The summed E-state index contributed by atoms with van der Waals surface area (Å²) in [4.78, 5) is 18.0. The second kappa shape index (κ2) is 10.2. The van der Waals surface area contributed by atoms with E-state index in [0.717, 1.165) is 46.3 Å². The van der Waals surface area contributed by atoms with Crippen LogP contribution in [-0.2, 0) is 6.54 Å². The molecule has 170 valence electrons. The normalized spacial score (nSPS) is 14.8. The summed E-state index contributed by atoms with van der Waals surface area (Å²) < 4.78 is 2.24.